The second kappa shape index (κ2) is 7.16. The average Bonchev–Trinajstić information content (AvgIpc) is 1.65. The van der Waals surface area contributed by atoms with Crippen LogP contribution in [0.15, 0.2) is 0 Å². The van der Waals surface area contributed by atoms with E-state index in [0.29, 0.717) is 0 Å². The van der Waals surface area contributed by atoms with Crippen LogP contribution in [0, 0.1) is 10.1 Å². The molecule has 0 fully saturated rings. The van der Waals surface area contributed by atoms with Crippen LogP contribution >= 0.6 is 0 Å². The van der Waals surface area contributed by atoms with Crippen molar-refractivity contribution in [3.8, 4) is 0 Å². The number of nitrogens with zero attached hydrogens (tertiary/aromatic N) is 2. The van der Waals surface area contributed by atoms with E-state index in [2.05, 4.69) is 25.9 Å². The van der Waals surface area contributed by atoms with Crippen molar-refractivity contribution in [1.82, 2.24) is 4.90 Å². The zero-order chi connectivity index (χ0) is 7.86. The van der Waals surface area contributed by atoms with Crippen molar-refractivity contribution in [2.45, 2.75) is 6.92 Å². The van der Waals surface area contributed by atoms with E-state index in [-0.39, 0.29) is 0 Å². The van der Waals surface area contributed by atoms with Gasteiger partial charge in [0.15, 0.2) is 0 Å². The van der Waals surface area contributed by atoms with Crippen molar-refractivity contribution in [1.29, 1.82) is 0 Å². The van der Waals surface area contributed by atoms with Gasteiger partial charge in [0.2, 0.25) is 0 Å². The molecular formula is C4H12N2O3. The van der Waals surface area contributed by atoms with Gasteiger partial charge in [0, 0.05) is 0 Å². The molecule has 0 radical (unpaired) electrons. The maximum Gasteiger partial charge on any atom is 0.291 e. The lowest BCUT2D eigenvalue weighted by Gasteiger charge is -2.00. The molecule has 1 N–H and O–H groups in total. The molecule has 0 spiro atoms. The Bertz CT molecular complexity index is 70.2. The van der Waals surface area contributed by atoms with Gasteiger partial charge in [0.1, 0.15) is 0 Å². The molecule has 5 heteroatoms. The highest BCUT2D eigenvalue weighted by molar-refractivity contribution is 4.25. The van der Waals surface area contributed by atoms with Gasteiger partial charge in [-0.05, 0) is 20.6 Å². The van der Waals surface area contributed by atoms with E-state index < -0.39 is 5.09 Å². The molecule has 0 unspecified atom stereocenters. The molecule has 9 heavy (non-hydrogen) atoms. The minimum absolute atomic E-state index is 1.14. The van der Waals surface area contributed by atoms with E-state index in [1.54, 1.807) is 0 Å². The van der Waals surface area contributed by atoms with Gasteiger partial charge in [-0.25, -0.2) is 0 Å². The number of rotatable bonds is 1. The third-order valence-corrected chi connectivity index (χ3v) is 0.632. The summed E-state index contributed by atoms with van der Waals surface area (Å²) in [5, 5.41) is 13.6. The van der Waals surface area contributed by atoms with Crippen LogP contribution in [0.4, 0.5) is 0 Å². The molecule has 0 aromatic rings. The van der Waals surface area contributed by atoms with Gasteiger partial charge >= 0.3 is 0 Å². The summed E-state index contributed by atoms with van der Waals surface area (Å²) in [7, 11) is 4.11. The second-order valence-electron chi connectivity index (χ2n) is 1.63. The molecule has 0 atom stereocenters. The fourth-order valence-corrected chi connectivity index (χ4v) is 0. The summed E-state index contributed by atoms with van der Waals surface area (Å²) >= 11 is 0. The van der Waals surface area contributed by atoms with Crippen LogP contribution in [0.25, 0.3) is 0 Å². The van der Waals surface area contributed by atoms with E-state index in [9.17, 15) is 0 Å². The van der Waals surface area contributed by atoms with Gasteiger partial charge in [0.25, 0.3) is 5.09 Å². The van der Waals surface area contributed by atoms with E-state index in [0.717, 1.165) is 6.54 Å². The predicted octanol–water partition coefficient (Wildman–Crippen LogP) is 0.220. The van der Waals surface area contributed by atoms with Gasteiger partial charge in [-0.15, -0.1) is 10.1 Å². The van der Waals surface area contributed by atoms with Crippen molar-refractivity contribution in [2.24, 2.45) is 0 Å². The third kappa shape index (κ3) is 142. The van der Waals surface area contributed by atoms with E-state index in [1.165, 1.54) is 0 Å². The maximum absolute atomic E-state index is 8.36. The number of hydrogen-bond donors (Lipinski definition) is 1. The zero-order valence-electron chi connectivity index (χ0n) is 5.87. The Morgan fingerprint density at radius 3 is 1.78 bits per heavy atom. The van der Waals surface area contributed by atoms with Crippen LogP contribution in [-0.2, 0) is 0 Å². The normalized spacial score (nSPS) is 8.00. The van der Waals surface area contributed by atoms with Crippen molar-refractivity contribution >= 4 is 0 Å². The van der Waals surface area contributed by atoms with Gasteiger partial charge in [0.05, 0.1) is 0 Å². The zero-order valence-corrected chi connectivity index (χ0v) is 5.87. The Morgan fingerprint density at radius 2 is 1.78 bits per heavy atom. The maximum atomic E-state index is 8.36. The topological polar surface area (TPSA) is 66.6 Å². The Balaban J connectivity index is 0. The highest BCUT2D eigenvalue weighted by atomic mass is 16.9. The van der Waals surface area contributed by atoms with E-state index >= 15 is 0 Å². The molecule has 0 aliphatic rings. The lowest BCUT2D eigenvalue weighted by Crippen LogP contribution is -2.08. The van der Waals surface area contributed by atoms with Crippen LogP contribution in [0.3, 0.4) is 0 Å². The molecule has 0 saturated heterocycles. The van der Waals surface area contributed by atoms with Crippen molar-refractivity contribution in [3.63, 3.8) is 0 Å². The van der Waals surface area contributed by atoms with E-state index in [4.69, 9.17) is 15.3 Å². The summed E-state index contributed by atoms with van der Waals surface area (Å²) in [6, 6.07) is 0. The molecule has 0 heterocycles. The van der Waals surface area contributed by atoms with E-state index in [1.807, 2.05) is 0 Å². The molecule has 0 saturated carbocycles. The molecule has 0 aromatic carbocycles. The van der Waals surface area contributed by atoms with Crippen LogP contribution < -0.4 is 0 Å². The lowest BCUT2D eigenvalue weighted by atomic mass is 10.7. The lowest BCUT2D eigenvalue weighted by molar-refractivity contribution is -0.742. The SMILES string of the molecule is CCN(C)C.O=[N+]([O-])O. The van der Waals surface area contributed by atoms with Crippen LogP contribution in [0.2, 0.25) is 0 Å². The fraction of sp³-hybridized carbons (Fsp3) is 1.00. The Labute approximate surface area is 54.0 Å². The average molecular weight is 136 g/mol. The standard InChI is InChI=1S/C4H11N.HNO3/c1-4-5(2)3;2-1(3)4/h4H2,1-3H3;(H,2,3,4). The number of hydrogen-bond acceptors (Lipinski definition) is 3. The summed E-state index contributed by atoms with van der Waals surface area (Å²) in [5.41, 5.74) is 0. The molecule has 0 amide bonds. The third-order valence-electron chi connectivity index (χ3n) is 0.632. The Kier molecular flexibility index (Phi) is 8.77. The smallest absolute Gasteiger partial charge is 0.291 e. The quantitative estimate of drug-likeness (QED) is 0.413. The minimum Gasteiger partial charge on any atom is -0.328 e. The van der Waals surface area contributed by atoms with Gasteiger partial charge in [-0.2, -0.15) is 0 Å². The summed E-state index contributed by atoms with van der Waals surface area (Å²) in [4.78, 5) is 10.5. The second-order valence-corrected chi connectivity index (χ2v) is 1.63. The van der Waals surface area contributed by atoms with Gasteiger partial charge < -0.3 is 10.1 Å². The largest absolute Gasteiger partial charge is 0.328 e. The minimum atomic E-state index is -1.50. The molecular weight excluding hydrogens is 124 g/mol. The highest BCUT2D eigenvalue weighted by Gasteiger charge is 1.72. The molecule has 0 rings (SSSR count). The molecule has 0 aliphatic carbocycles. The van der Waals surface area contributed by atoms with Gasteiger partial charge in [-0.3, -0.25) is 0 Å². The van der Waals surface area contributed by atoms with Gasteiger partial charge in [-0.1, -0.05) is 6.92 Å². The monoisotopic (exact) mass is 136 g/mol. The summed E-state index contributed by atoms with van der Waals surface area (Å²) < 4.78 is 0. The highest BCUT2D eigenvalue weighted by Crippen LogP contribution is 1.63. The van der Waals surface area contributed by atoms with Crippen molar-refractivity contribution in [2.75, 3.05) is 20.6 Å². The van der Waals surface area contributed by atoms with Crippen LogP contribution in [-0.4, -0.2) is 35.8 Å². The van der Waals surface area contributed by atoms with Crippen molar-refractivity contribution < 1.29 is 10.3 Å². The Morgan fingerprint density at radius 1 is 1.67 bits per heavy atom. The Hall–Kier alpha value is -0.840. The molecule has 0 aromatic heterocycles. The first-order valence-electron chi connectivity index (χ1n) is 2.48. The first-order chi connectivity index (χ1) is 4.00. The first kappa shape index (κ1) is 11.0. The van der Waals surface area contributed by atoms with Crippen molar-refractivity contribution in [3.05, 3.63) is 10.1 Å². The summed E-state index contributed by atoms with van der Waals surface area (Å²) in [5.74, 6) is 0. The van der Waals surface area contributed by atoms with Crippen LogP contribution in [0.5, 0.6) is 0 Å². The summed E-state index contributed by atoms with van der Waals surface area (Å²) in [6.07, 6.45) is 0. The molecule has 56 valence electrons. The molecule has 5 nitrogen and oxygen atoms in total. The first-order valence-corrected chi connectivity index (χ1v) is 2.48. The molecule has 0 aliphatic heterocycles. The van der Waals surface area contributed by atoms with Crippen LogP contribution in [0.1, 0.15) is 6.92 Å². The predicted molar refractivity (Wildman–Crippen MR) is 33.0 cm³/mol. The molecule has 0 bridgehead atoms. The fourth-order valence-electron chi connectivity index (χ4n) is 0. The summed E-state index contributed by atoms with van der Waals surface area (Å²) in [6.45, 7) is 3.26.